The molecule has 0 unspecified atom stereocenters. The van der Waals surface area contributed by atoms with Crippen molar-refractivity contribution in [3.8, 4) is 11.8 Å². The molecular formula is C16H14FNO2S. The number of thiophene rings is 1. The van der Waals surface area contributed by atoms with Gasteiger partial charge in [-0.25, -0.2) is 4.39 Å². The van der Waals surface area contributed by atoms with Crippen LogP contribution >= 0.6 is 11.3 Å². The second-order valence-electron chi connectivity index (χ2n) is 4.43. The Morgan fingerprint density at radius 3 is 3.00 bits per heavy atom. The van der Waals surface area contributed by atoms with E-state index in [1.165, 1.54) is 23.5 Å². The molecule has 2 aromatic rings. The van der Waals surface area contributed by atoms with Crippen LogP contribution in [0.25, 0.3) is 0 Å². The van der Waals surface area contributed by atoms with Gasteiger partial charge in [-0.3, -0.25) is 4.79 Å². The van der Waals surface area contributed by atoms with Crippen molar-refractivity contribution in [1.29, 1.82) is 0 Å². The summed E-state index contributed by atoms with van der Waals surface area (Å²) in [7, 11) is 0. The molecule has 0 fully saturated rings. The Morgan fingerprint density at radius 2 is 2.24 bits per heavy atom. The lowest BCUT2D eigenvalue weighted by atomic mass is 10.1. The molecule has 2 N–H and O–H groups in total. The number of nitrogens with one attached hydrogen (secondary N) is 1. The van der Waals surface area contributed by atoms with Crippen LogP contribution in [0.1, 0.15) is 26.4 Å². The molecule has 0 bridgehead atoms. The van der Waals surface area contributed by atoms with Crippen molar-refractivity contribution in [3.63, 3.8) is 0 Å². The normalized spacial score (nSPS) is 9.86. The zero-order valence-corrected chi connectivity index (χ0v) is 12.3. The Bertz CT molecular complexity index is 713. The van der Waals surface area contributed by atoms with E-state index in [9.17, 15) is 9.18 Å². The van der Waals surface area contributed by atoms with Gasteiger partial charge < -0.3 is 10.4 Å². The Balaban J connectivity index is 2.01. The smallest absolute Gasteiger partial charge is 0.254 e. The largest absolute Gasteiger partial charge is 0.384 e. The van der Waals surface area contributed by atoms with E-state index in [-0.39, 0.29) is 12.2 Å². The zero-order chi connectivity index (χ0) is 15.2. The van der Waals surface area contributed by atoms with Gasteiger partial charge in [0, 0.05) is 15.8 Å². The van der Waals surface area contributed by atoms with Crippen molar-refractivity contribution in [2.24, 2.45) is 0 Å². The maximum absolute atomic E-state index is 13.6. The molecule has 0 saturated heterocycles. The van der Waals surface area contributed by atoms with Gasteiger partial charge in [-0.05, 0) is 25.1 Å². The van der Waals surface area contributed by atoms with Gasteiger partial charge >= 0.3 is 0 Å². The fraction of sp³-hybridized carbons (Fsp3) is 0.188. The van der Waals surface area contributed by atoms with Gasteiger partial charge in [-0.15, -0.1) is 11.3 Å². The molecule has 1 aromatic carbocycles. The Hall–Kier alpha value is -2.16. The number of rotatable bonds is 3. The highest BCUT2D eigenvalue weighted by molar-refractivity contribution is 7.10. The third kappa shape index (κ3) is 4.15. The Labute approximate surface area is 126 Å². The van der Waals surface area contributed by atoms with Crippen LogP contribution in [0.5, 0.6) is 0 Å². The second kappa shape index (κ2) is 7.02. The summed E-state index contributed by atoms with van der Waals surface area (Å²) < 4.78 is 13.6. The number of hydrogen-bond acceptors (Lipinski definition) is 3. The lowest BCUT2D eigenvalue weighted by Gasteiger charge is -2.05. The summed E-state index contributed by atoms with van der Waals surface area (Å²) in [6.45, 7) is 1.94. The average Bonchev–Trinajstić information content (AvgIpc) is 2.93. The molecule has 2 rings (SSSR count). The fourth-order valence-corrected chi connectivity index (χ4v) is 2.51. The van der Waals surface area contributed by atoms with Crippen LogP contribution in [0.3, 0.4) is 0 Å². The number of aryl methyl sites for hydroxylation is 1. The molecule has 1 amide bonds. The van der Waals surface area contributed by atoms with Crippen LogP contribution in [-0.2, 0) is 6.54 Å². The van der Waals surface area contributed by atoms with Crippen molar-refractivity contribution < 1.29 is 14.3 Å². The van der Waals surface area contributed by atoms with Crippen LogP contribution in [0.2, 0.25) is 0 Å². The summed E-state index contributed by atoms with van der Waals surface area (Å²) >= 11 is 1.45. The van der Waals surface area contributed by atoms with E-state index >= 15 is 0 Å². The van der Waals surface area contributed by atoms with E-state index in [2.05, 4.69) is 17.2 Å². The molecule has 3 nitrogen and oxygen atoms in total. The minimum Gasteiger partial charge on any atom is -0.384 e. The molecule has 0 atom stereocenters. The molecule has 108 valence electrons. The standard InChI is InChI=1S/C16H14FNO2S/c1-11-4-5-15(17)14(7-11)16(20)18-9-13-8-12(10-21-13)3-2-6-19/h4-5,7-8,10,19H,6,9H2,1H3,(H,18,20). The van der Waals surface area contributed by atoms with Gasteiger partial charge in [0.1, 0.15) is 12.4 Å². The van der Waals surface area contributed by atoms with Gasteiger partial charge in [0.25, 0.3) is 5.91 Å². The summed E-state index contributed by atoms with van der Waals surface area (Å²) in [4.78, 5) is 12.9. The lowest BCUT2D eigenvalue weighted by molar-refractivity contribution is 0.0947. The predicted molar refractivity (Wildman–Crippen MR) is 80.6 cm³/mol. The Kier molecular flexibility index (Phi) is 5.09. The maximum Gasteiger partial charge on any atom is 0.254 e. The zero-order valence-electron chi connectivity index (χ0n) is 11.4. The van der Waals surface area contributed by atoms with Gasteiger partial charge in [0.15, 0.2) is 0 Å². The molecule has 0 saturated carbocycles. The van der Waals surface area contributed by atoms with Crippen LogP contribution in [0, 0.1) is 24.6 Å². The minimum absolute atomic E-state index is 0.0480. The van der Waals surface area contributed by atoms with Crippen LogP contribution < -0.4 is 5.32 Å². The fourth-order valence-electron chi connectivity index (χ4n) is 1.76. The predicted octanol–water partition coefficient (Wildman–Crippen LogP) is 2.47. The number of carbonyl (C=O) groups excluding carboxylic acids is 1. The summed E-state index contributed by atoms with van der Waals surface area (Å²) in [5.41, 5.74) is 1.67. The first-order valence-electron chi connectivity index (χ1n) is 6.31. The highest BCUT2D eigenvalue weighted by Crippen LogP contribution is 2.14. The quantitative estimate of drug-likeness (QED) is 0.856. The van der Waals surface area contributed by atoms with Gasteiger partial charge in [0.05, 0.1) is 12.1 Å². The van der Waals surface area contributed by atoms with Crippen LogP contribution in [0.4, 0.5) is 4.39 Å². The first-order valence-corrected chi connectivity index (χ1v) is 7.19. The maximum atomic E-state index is 13.6. The summed E-state index contributed by atoms with van der Waals surface area (Å²) in [6, 6.07) is 6.27. The Morgan fingerprint density at radius 1 is 1.43 bits per heavy atom. The number of benzene rings is 1. The SMILES string of the molecule is Cc1ccc(F)c(C(=O)NCc2cc(C#CCO)cs2)c1. The van der Waals surface area contributed by atoms with Crippen molar-refractivity contribution >= 4 is 17.2 Å². The number of carbonyl (C=O) groups is 1. The third-order valence-corrected chi connectivity index (χ3v) is 3.69. The van der Waals surface area contributed by atoms with Gasteiger partial charge in [-0.1, -0.05) is 23.5 Å². The molecule has 0 radical (unpaired) electrons. The molecule has 0 aliphatic carbocycles. The summed E-state index contributed by atoms with van der Waals surface area (Å²) in [5.74, 6) is 4.38. The highest BCUT2D eigenvalue weighted by Gasteiger charge is 2.11. The average molecular weight is 303 g/mol. The molecule has 5 heteroatoms. The van der Waals surface area contributed by atoms with E-state index in [0.717, 1.165) is 16.0 Å². The number of aliphatic hydroxyl groups excluding tert-OH is 1. The topological polar surface area (TPSA) is 49.3 Å². The van der Waals surface area contributed by atoms with E-state index in [1.54, 1.807) is 6.07 Å². The van der Waals surface area contributed by atoms with E-state index in [4.69, 9.17) is 5.11 Å². The molecular weight excluding hydrogens is 289 g/mol. The van der Waals surface area contributed by atoms with Gasteiger partial charge in [-0.2, -0.15) is 0 Å². The first-order chi connectivity index (χ1) is 10.1. The third-order valence-electron chi connectivity index (χ3n) is 2.76. The monoisotopic (exact) mass is 303 g/mol. The summed E-state index contributed by atoms with van der Waals surface area (Å²) in [6.07, 6.45) is 0. The molecule has 0 aliphatic rings. The van der Waals surface area contributed by atoms with E-state index in [1.807, 2.05) is 18.4 Å². The van der Waals surface area contributed by atoms with Crippen molar-refractivity contribution in [2.75, 3.05) is 6.61 Å². The first kappa shape index (κ1) is 15.2. The van der Waals surface area contributed by atoms with Gasteiger partial charge in [0.2, 0.25) is 0 Å². The number of hydrogen-bond donors (Lipinski definition) is 2. The minimum atomic E-state index is -0.529. The van der Waals surface area contributed by atoms with Crippen molar-refractivity contribution in [3.05, 3.63) is 57.0 Å². The lowest BCUT2D eigenvalue weighted by Crippen LogP contribution is -2.23. The number of aliphatic hydroxyl groups is 1. The van der Waals surface area contributed by atoms with Crippen molar-refractivity contribution in [2.45, 2.75) is 13.5 Å². The number of amides is 1. The highest BCUT2D eigenvalue weighted by atomic mass is 32.1. The number of halogens is 1. The second-order valence-corrected chi connectivity index (χ2v) is 5.42. The van der Waals surface area contributed by atoms with E-state index < -0.39 is 11.7 Å². The molecule has 1 heterocycles. The van der Waals surface area contributed by atoms with E-state index in [0.29, 0.717) is 6.54 Å². The molecule has 0 aliphatic heterocycles. The molecule has 1 aromatic heterocycles. The van der Waals surface area contributed by atoms with Crippen LogP contribution in [0.15, 0.2) is 29.6 Å². The molecule has 21 heavy (non-hydrogen) atoms. The molecule has 0 spiro atoms. The summed E-state index contributed by atoms with van der Waals surface area (Å²) in [5, 5.41) is 13.2. The van der Waals surface area contributed by atoms with Crippen molar-refractivity contribution in [1.82, 2.24) is 5.32 Å². The van der Waals surface area contributed by atoms with Crippen LogP contribution in [-0.4, -0.2) is 17.6 Å².